The molecule has 0 fully saturated rings. The van der Waals surface area contributed by atoms with E-state index in [1.165, 1.54) is 6.92 Å². The molecule has 0 aromatic heterocycles. The van der Waals surface area contributed by atoms with E-state index in [1.54, 1.807) is 0 Å². The number of benzene rings is 1. The number of hydrogen-bond acceptors (Lipinski definition) is 4. The van der Waals surface area contributed by atoms with Crippen LogP contribution in [0.3, 0.4) is 0 Å². The fraction of sp³-hybridized carbons (Fsp3) is 0.364. The van der Waals surface area contributed by atoms with Crippen LogP contribution in [0.15, 0.2) is 18.2 Å². The van der Waals surface area contributed by atoms with Gasteiger partial charge in [-0.3, -0.25) is 0 Å². The molecule has 1 aromatic rings. The van der Waals surface area contributed by atoms with Gasteiger partial charge >= 0.3 is 11.8 Å². The van der Waals surface area contributed by atoms with Gasteiger partial charge in [-0.25, -0.2) is 9.18 Å². The Balaban J connectivity index is 2.69. The van der Waals surface area contributed by atoms with Crippen molar-refractivity contribution in [3.63, 3.8) is 0 Å². The lowest BCUT2D eigenvalue weighted by atomic mass is 10.3. The third-order valence-corrected chi connectivity index (χ3v) is 1.99. The minimum absolute atomic E-state index is 0.287. The number of carbonyl (C=O) groups excluding carboxylic acids is 1. The van der Waals surface area contributed by atoms with Gasteiger partial charge in [0.05, 0.1) is 0 Å². The topological polar surface area (TPSA) is 44.8 Å². The van der Waals surface area contributed by atoms with E-state index >= 15 is 0 Å². The van der Waals surface area contributed by atoms with E-state index in [2.05, 4.69) is 9.47 Å². The van der Waals surface area contributed by atoms with E-state index in [-0.39, 0.29) is 6.61 Å². The number of halogens is 5. The smallest absolute Gasteiger partial charge is 0.487 e. The summed E-state index contributed by atoms with van der Waals surface area (Å²) in [5, 5.41) is 0. The highest BCUT2D eigenvalue weighted by Gasteiger charge is 2.31. The average Bonchev–Trinajstić information content (AvgIpc) is 2.27. The second-order valence-electron chi connectivity index (χ2n) is 3.62. The Morgan fingerprint density at radius 3 is 2.60 bits per heavy atom. The van der Waals surface area contributed by atoms with Gasteiger partial charge in [-0.05, 0) is 19.1 Å². The highest BCUT2D eigenvalue weighted by Crippen LogP contribution is 2.28. The van der Waals surface area contributed by atoms with Crippen molar-refractivity contribution in [1.82, 2.24) is 0 Å². The Kier molecular flexibility index (Phi) is 5.43. The molecule has 0 aliphatic rings. The molecule has 1 rings (SSSR count). The summed E-state index contributed by atoms with van der Waals surface area (Å²) in [5.74, 6) is -1.98. The Hall–Kier alpha value is -1.70. The summed E-state index contributed by atoms with van der Waals surface area (Å²) in [6.45, 7) is 1.12. The number of rotatable bonds is 5. The first-order valence-electron chi connectivity index (χ1n) is 5.21. The second kappa shape index (κ2) is 6.65. The third-order valence-electron chi connectivity index (χ3n) is 1.90. The lowest BCUT2D eigenvalue weighted by molar-refractivity contribution is -0.274. The normalized spacial score (nSPS) is 12.7. The quantitative estimate of drug-likeness (QED) is 0.611. The van der Waals surface area contributed by atoms with Crippen molar-refractivity contribution in [2.45, 2.75) is 19.4 Å². The molecule has 0 saturated carbocycles. The van der Waals surface area contributed by atoms with Crippen LogP contribution in [-0.2, 0) is 4.74 Å². The van der Waals surface area contributed by atoms with Gasteiger partial charge < -0.3 is 14.2 Å². The summed E-state index contributed by atoms with van der Waals surface area (Å²) >= 11 is 4.95. The van der Waals surface area contributed by atoms with Gasteiger partial charge in [0.25, 0.3) is 0 Å². The Bertz CT molecular complexity index is 478. The van der Waals surface area contributed by atoms with Crippen LogP contribution >= 0.6 is 11.6 Å². The summed E-state index contributed by atoms with van der Waals surface area (Å²) in [7, 11) is 0. The minimum Gasteiger partial charge on any atom is -0.487 e. The van der Waals surface area contributed by atoms with Crippen LogP contribution in [0.25, 0.3) is 0 Å². The molecule has 0 amide bonds. The minimum atomic E-state index is -4.89. The van der Waals surface area contributed by atoms with Crippen LogP contribution in [0.2, 0.25) is 0 Å². The zero-order valence-corrected chi connectivity index (χ0v) is 10.8. The van der Waals surface area contributed by atoms with E-state index in [0.29, 0.717) is 0 Å². The molecule has 0 radical (unpaired) electrons. The number of ether oxygens (including phenoxy) is 3. The molecule has 112 valence electrons. The fourth-order valence-electron chi connectivity index (χ4n) is 1.19. The molecule has 1 aromatic carbocycles. The zero-order valence-electron chi connectivity index (χ0n) is 10.0. The van der Waals surface area contributed by atoms with Gasteiger partial charge in [-0.1, -0.05) is 0 Å². The first kappa shape index (κ1) is 16.4. The summed E-state index contributed by atoms with van der Waals surface area (Å²) in [6.07, 6.45) is -5.69. The molecule has 0 spiro atoms. The average molecular weight is 317 g/mol. The SMILES string of the molecule is CC(COc1cc(OC(F)(F)F)ccc1F)OC(=O)Cl. The maximum Gasteiger partial charge on any atom is 0.573 e. The fourth-order valence-corrected chi connectivity index (χ4v) is 1.34. The molecule has 20 heavy (non-hydrogen) atoms. The molecule has 0 aliphatic heterocycles. The highest BCUT2D eigenvalue weighted by atomic mass is 35.5. The van der Waals surface area contributed by atoms with E-state index in [4.69, 9.17) is 16.3 Å². The monoisotopic (exact) mass is 316 g/mol. The van der Waals surface area contributed by atoms with Crippen LogP contribution < -0.4 is 9.47 Å². The zero-order chi connectivity index (χ0) is 15.3. The lowest BCUT2D eigenvalue weighted by Crippen LogP contribution is -2.20. The summed E-state index contributed by atoms with van der Waals surface area (Å²) in [4.78, 5) is 10.4. The standard InChI is InChI=1S/C11H9ClF4O4/c1-6(19-10(12)17)5-18-9-4-7(2-3-8(9)13)20-11(14,15)16/h2-4,6H,5H2,1H3. The molecule has 0 saturated heterocycles. The molecule has 0 heterocycles. The van der Waals surface area contributed by atoms with Crippen LogP contribution in [-0.4, -0.2) is 24.5 Å². The van der Waals surface area contributed by atoms with Crippen LogP contribution in [0.5, 0.6) is 11.5 Å². The molecular formula is C11H9ClF4O4. The van der Waals surface area contributed by atoms with Gasteiger partial charge in [-0.15, -0.1) is 13.2 Å². The molecule has 1 atom stereocenters. The molecule has 4 nitrogen and oxygen atoms in total. The molecule has 1 unspecified atom stereocenters. The van der Waals surface area contributed by atoms with Crippen molar-refractivity contribution in [1.29, 1.82) is 0 Å². The Morgan fingerprint density at radius 1 is 1.40 bits per heavy atom. The van der Waals surface area contributed by atoms with Gasteiger partial charge in [0.15, 0.2) is 11.6 Å². The summed E-state index contributed by atoms with van der Waals surface area (Å²) < 4.78 is 62.3. The first-order chi connectivity index (χ1) is 9.17. The lowest BCUT2D eigenvalue weighted by Gasteiger charge is -2.14. The predicted molar refractivity (Wildman–Crippen MR) is 60.4 cm³/mol. The van der Waals surface area contributed by atoms with Crippen LogP contribution in [0.1, 0.15) is 6.92 Å². The van der Waals surface area contributed by atoms with E-state index in [9.17, 15) is 22.4 Å². The third kappa shape index (κ3) is 5.96. The van der Waals surface area contributed by atoms with Crippen molar-refractivity contribution in [3.8, 4) is 11.5 Å². The molecule has 0 N–H and O–H groups in total. The highest BCUT2D eigenvalue weighted by molar-refractivity contribution is 6.61. The van der Waals surface area contributed by atoms with E-state index in [0.717, 1.165) is 18.2 Å². The van der Waals surface area contributed by atoms with Gasteiger partial charge in [0.2, 0.25) is 0 Å². The van der Waals surface area contributed by atoms with Gasteiger partial charge in [-0.2, -0.15) is 0 Å². The molecule has 0 aliphatic carbocycles. The Morgan fingerprint density at radius 2 is 2.05 bits per heavy atom. The van der Waals surface area contributed by atoms with Crippen molar-refractivity contribution in [2.75, 3.05) is 6.61 Å². The van der Waals surface area contributed by atoms with Crippen molar-refractivity contribution in [3.05, 3.63) is 24.0 Å². The predicted octanol–water partition coefficient (Wildman–Crippen LogP) is 3.87. The largest absolute Gasteiger partial charge is 0.573 e. The van der Waals surface area contributed by atoms with Crippen molar-refractivity contribution >= 4 is 17.0 Å². The first-order valence-corrected chi connectivity index (χ1v) is 5.59. The summed E-state index contributed by atoms with van der Waals surface area (Å²) in [6, 6.07) is 2.30. The van der Waals surface area contributed by atoms with Gasteiger partial charge in [0, 0.05) is 17.7 Å². The van der Waals surface area contributed by atoms with Crippen molar-refractivity contribution in [2.24, 2.45) is 0 Å². The second-order valence-corrected chi connectivity index (χ2v) is 3.93. The van der Waals surface area contributed by atoms with Crippen LogP contribution in [0, 0.1) is 5.82 Å². The van der Waals surface area contributed by atoms with E-state index in [1.807, 2.05) is 0 Å². The Labute approximate surface area is 116 Å². The number of alkyl halides is 3. The maximum atomic E-state index is 13.3. The molecule has 9 heteroatoms. The maximum absolute atomic E-state index is 13.3. The van der Waals surface area contributed by atoms with Crippen molar-refractivity contribution < 1.29 is 36.6 Å². The summed E-state index contributed by atoms with van der Waals surface area (Å²) in [5.41, 5.74) is -1.07. The van der Waals surface area contributed by atoms with Crippen LogP contribution in [0.4, 0.5) is 22.4 Å². The molecular weight excluding hydrogens is 308 g/mol. The number of hydrogen-bond donors (Lipinski definition) is 0. The van der Waals surface area contributed by atoms with Gasteiger partial charge in [0.1, 0.15) is 18.5 Å². The van der Waals surface area contributed by atoms with E-state index < -0.39 is 35.2 Å². The molecule has 0 bridgehead atoms. The number of carbonyl (C=O) groups is 1.